The summed E-state index contributed by atoms with van der Waals surface area (Å²) in [5.74, 6) is 0.567. The summed E-state index contributed by atoms with van der Waals surface area (Å²) in [7, 11) is 0. The summed E-state index contributed by atoms with van der Waals surface area (Å²) < 4.78 is 1.94. The molecule has 3 nitrogen and oxygen atoms in total. The van der Waals surface area contributed by atoms with Crippen molar-refractivity contribution in [2.24, 2.45) is 5.73 Å². The lowest BCUT2D eigenvalue weighted by Gasteiger charge is -2.21. The number of hydrogen-bond donors (Lipinski definition) is 1. The number of nitrogens with two attached hydrogens (primary N) is 1. The quantitative estimate of drug-likeness (QED) is 0.873. The lowest BCUT2D eigenvalue weighted by Crippen LogP contribution is -2.30. The third kappa shape index (κ3) is 2.29. The molecule has 0 unspecified atom stereocenters. The van der Waals surface area contributed by atoms with E-state index in [9.17, 15) is 4.79 Å². The third-order valence-corrected chi connectivity index (χ3v) is 3.74. The molecule has 17 heavy (non-hydrogen) atoms. The summed E-state index contributed by atoms with van der Waals surface area (Å²) in [6, 6.07) is 4.23. The Kier molecular flexibility index (Phi) is 3.67. The Morgan fingerprint density at radius 1 is 1.35 bits per heavy atom. The number of nitrogens with zero attached hydrogens (tertiary/aromatic N) is 1. The number of pyridine rings is 1. The van der Waals surface area contributed by atoms with Crippen molar-refractivity contribution < 1.29 is 0 Å². The minimum atomic E-state index is 0.104. The second-order valence-electron chi connectivity index (χ2n) is 5.24. The first-order valence-electron chi connectivity index (χ1n) is 6.59. The maximum absolute atomic E-state index is 12.3. The highest BCUT2D eigenvalue weighted by molar-refractivity contribution is 5.20. The molecule has 0 radical (unpaired) electrons. The molecule has 1 aromatic heterocycles. The van der Waals surface area contributed by atoms with Crippen molar-refractivity contribution in [1.82, 2.24) is 4.57 Å². The van der Waals surface area contributed by atoms with Crippen LogP contribution in [0.25, 0.3) is 0 Å². The van der Waals surface area contributed by atoms with Gasteiger partial charge in [0, 0.05) is 23.8 Å². The normalized spacial score (nSPS) is 16.9. The van der Waals surface area contributed by atoms with Crippen molar-refractivity contribution in [3.63, 3.8) is 0 Å². The van der Waals surface area contributed by atoms with Crippen LogP contribution >= 0.6 is 0 Å². The van der Waals surface area contributed by atoms with Gasteiger partial charge in [0.05, 0.1) is 0 Å². The first-order valence-corrected chi connectivity index (χ1v) is 6.59. The predicted molar refractivity (Wildman–Crippen MR) is 70.2 cm³/mol. The van der Waals surface area contributed by atoms with E-state index in [1.807, 2.05) is 10.6 Å². The van der Waals surface area contributed by atoms with Gasteiger partial charge in [-0.15, -0.1) is 0 Å². The molecule has 1 fully saturated rings. The van der Waals surface area contributed by atoms with E-state index < -0.39 is 0 Å². The highest BCUT2D eigenvalue weighted by Crippen LogP contribution is 2.34. The van der Waals surface area contributed by atoms with E-state index in [-0.39, 0.29) is 11.6 Å². The Balaban J connectivity index is 2.51. The SMILES string of the molecule is CC(C)n1c(C2CCCC2)ccc(CN)c1=O. The average molecular weight is 234 g/mol. The Labute approximate surface area is 103 Å². The highest BCUT2D eigenvalue weighted by Gasteiger charge is 2.22. The van der Waals surface area contributed by atoms with Gasteiger partial charge in [-0.1, -0.05) is 18.9 Å². The van der Waals surface area contributed by atoms with Crippen molar-refractivity contribution >= 4 is 0 Å². The minimum absolute atomic E-state index is 0.104. The van der Waals surface area contributed by atoms with Crippen molar-refractivity contribution in [3.05, 3.63) is 33.7 Å². The predicted octanol–water partition coefficient (Wildman–Crippen LogP) is 2.55. The Morgan fingerprint density at radius 3 is 2.53 bits per heavy atom. The van der Waals surface area contributed by atoms with Crippen LogP contribution in [-0.4, -0.2) is 4.57 Å². The fourth-order valence-electron chi connectivity index (χ4n) is 2.85. The van der Waals surface area contributed by atoms with Crippen molar-refractivity contribution in [3.8, 4) is 0 Å². The summed E-state index contributed by atoms with van der Waals surface area (Å²) in [6.07, 6.45) is 5.01. The number of hydrogen-bond acceptors (Lipinski definition) is 2. The number of rotatable bonds is 3. The maximum atomic E-state index is 12.3. The van der Waals surface area contributed by atoms with E-state index in [0.717, 1.165) is 5.56 Å². The summed E-state index contributed by atoms with van der Waals surface area (Å²) in [4.78, 5) is 12.3. The number of aromatic nitrogens is 1. The van der Waals surface area contributed by atoms with Gasteiger partial charge < -0.3 is 10.3 Å². The molecule has 94 valence electrons. The van der Waals surface area contributed by atoms with Crippen LogP contribution in [0.5, 0.6) is 0 Å². The average Bonchev–Trinajstić information content (AvgIpc) is 2.81. The minimum Gasteiger partial charge on any atom is -0.326 e. The Bertz CT molecular complexity index is 442. The van der Waals surface area contributed by atoms with Gasteiger partial charge >= 0.3 is 0 Å². The van der Waals surface area contributed by atoms with Crippen LogP contribution in [0.1, 0.15) is 62.7 Å². The zero-order chi connectivity index (χ0) is 12.4. The van der Waals surface area contributed by atoms with E-state index in [1.165, 1.54) is 31.4 Å². The fraction of sp³-hybridized carbons (Fsp3) is 0.643. The molecular weight excluding hydrogens is 212 g/mol. The van der Waals surface area contributed by atoms with E-state index in [4.69, 9.17) is 5.73 Å². The van der Waals surface area contributed by atoms with Gasteiger partial charge in [-0.2, -0.15) is 0 Å². The van der Waals surface area contributed by atoms with Gasteiger partial charge in [0.1, 0.15) is 0 Å². The molecule has 0 amide bonds. The Hall–Kier alpha value is -1.09. The summed E-state index contributed by atoms with van der Waals surface area (Å²) in [6.45, 7) is 4.47. The van der Waals surface area contributed by atoms with Gasteiger partial charge in [-0.05, 0) is 38.7 Å². The molecule has 0 saturated heterocycles. The molecule has 1 aliphatic rings. The second kappa shape index (κ2) is 5.05. The van der Waals surface area contributed by atoms with E-state index in [1.54, 1.807) is 0 Å². The van der Waals surface area contributed by atoms with Crippen LogP contribution in [0.4, 0.5) is 0 Å². The monoisotopic (exact) mass is 234 g/mol. The second-order valence-corrected chi connectivity index (χ2v) is 5.24. The zero-order valence-electron chi connectivity index (χ0n) is 10.8. The zero-order valence-corrected chi connectivity index (χ0v) is 10.8. The molecule has 0 atom stereocenters. The lowest BCUT2D eigenvalue weighted by molar-refractivity contribution is 0.513. The molecule has 2 N–H and O–H groups in total. The van der Waals surface area contributed by atoms with Crippen molar-refractivity contribution in [2.45, 2.75) is 58.0 Å². The van der Waals surface area contributed by atoms with Crippen LogP contribution in [0.15, 0.2) is 16.9 Å². The highest BCUT2D eigenvalue weighted by atomic mass is 16.1. The molecular formula is C14H22N2O. The molecule has 1 aromatic rings. The van der Waals surface area contributed by atoms with E-state index in [2.05, 4.69) is 19.9 Å². The van der Waals surface area contributed by atoms with Gasteiger partial charge in [0.25, 0.3) is 5.56 Å². The third-order valence-electron chi connectivity index (χ3n) is 3.74. The van der Waals surface area contributed by atoms with Crippen molar-refractivity contribution in [2.75, 3.05) is 0 Å². The first kappa shape index (κ1) is 12.4. The molecule has 3 heteroatoms. The fourth-order valence-corrected chi connectivity index (χ4v) is 2.85. The molecule has 1 saturated carbocycles. The Morgan fingerprint density at radius 2 is 2.00 bits per heavy atom. The molecule has 2 rings (SSSR count). The van der Waals surface area contributed by atoms with Crippen LogP contribution < -0.4 is 11.3 Å². The molecule has 0 aromatic carbocycles. The summed E-state index contributed by atoms with van der Waals surface area (Å²) >= 11 is 0. The van der Waals surface area contributed by atoms with E-state index >= 15 is 0 Å². The van der Waals surface area contributed by atoms with Gasteiger partial charge in [0.15, 0.2) is 0 Å². The maximum Gasteiger partial charge on any atom is 0.255 e. The van der Waals surface area contributed by atoms with Crippen LogP contribution in [-0.2, 0) is 6.54 Å². The summed E-state index contributed by atoms with van der Waals surface area (Å²) in [5.41, 5.74) is 7.64. The van der Waals surface area contributed by atoms with Gasteiger partial charge in [-0.25, -0.2) is 0 Å². The topological polar surface area (TPSA) is 48.0 Å². The molecule has 0 spiro atoms. The molecule has 0 bridgehead atoms. The van der Waals surface area contributed by atoms with Crippen LogP contribution in [0.2, 0.25) is 0 Å². The van der Waals surface area contributed by atoms with Gasteiger partial charge in [-0.3, -0.25) is 4.79 Å². The summed E-state index contributed by atoms with van der Waals surface area (Å²) in [5, 5.41) is 0. The smallest absolute Gasteiger partial charge is 0.255 e. The standard InChI is InChI=1S/C14H22N2O/c1-10(2)16-13(11-5-3-4-6-11)8-7-12(9-15)14(16)17/h7-8,10-11H,3-6,9,15H2,1-2H3. The van der Waals surface area contributed by atoms with Crippen molar-refractivity contribution in [1.29, 1.82) is 0 Å². The lowest BCUT2D eigenvalue weighted by atomic mass is 10.0. The van der Waals surface area contributed by atoms with Gasteiger partial charge in [0.2, 0.25) is 0 Å². The van der Waals surface area contributed by atoms with E-state index in [0.29, 0.717) is 12.5 Å². The largest absolute Gasteiger partial charge is 0.326 e. The van der Waals surface area contributed by atoms with Crippen LogP contribution in [0, 0.1) is 0 Å². The molecule has 0 aliphatic heterocycles. The molecule has 1 heterocycles. The molecule has 1 aliphatic carbocycles. The van der Waals surface area contributed by atoms with Crippen LogP contribution in [0.3, 0.4) is 0 Å². The first-order chi connectivity index (χ1) is 8.15.